The van der Waals surface area contributed by atoms with E-state index in [-0.39, 0.29) is 24.2 Å². The molecule has 3 atom stereocenters. The first-order chi connectivity index (χ1) is 9.74. The van der Waals surface area contributed by atoms with Crippen molar-refractivity contribution in [3.8, 4) is 0 Å². The minimum absolute atomic E-state index is 0.0153. The third-order valence-corrected chi connectivity index (χ3v) is 4.41. The van der Waals surface area contributed by atoms with Gasteiger partial charge >= 0.3 is 0 Å². The molecule has 0 bridgehead atoms. The maximum Gasteiger partial charge on any atom is 0.242 e. The Bertz CT molecular complexity index is 445. The summed E-state index contributed by atoms with van der Waals surface area (Å²) in [6.07, 6.45) is 0.0422. The normalized spacial score (nSPS) is 31.2. The van der Waals surface area contributed by atoms with E-state index >= 15 is 0 Å². The number of carbonyl (C=O) groups is 1. The molecule has 1 aromatic heterocycles. The summed E-state index contributed by atoms with van der Waals surface area (Å²) in [6, 6.07) is 1.86. The third-order valence-electron chi connectivity index (χ3n) is 3.71. The van der Waals surface area contributed by atoms with Crippen molar-refractivity contribution in [2.24, 2.45) is 0 Å². The van der Waals surface area contributed by atoms with Crippen LogP contribution >= 0.6 is 11.3 Å². The highest BCUT2D eigenvalue weighted by Crippen LogP contribution is 2.27. The van der Waals surface area contributed by atoms with E-state index in [2.05, 4.69) is 16.8 Å². The van der Waals surface area contributed by atoms with Crippen molar-refractivity contribution < 1.29 is 14.3 Å². The Morgan fingerprint density at radius 3 is 3.10 bits per heavy atom. The van der Waals surface area contributed by atoms with Crippen LogP contribution in [0.25, 0.3) is 0 Å². The lowest BCUT2D eigenvalue weighted by Crippen LogP contribution is -2.56. The molecule has 2 aliphatic rings. The van der Waals surface area contributed by atoms with E-state index in [1.807, 2.05) is 17.2 Å². The van der Waals surface area contributed by atoms with Crippen LogP contribution in [0.1, 0.15) is 18.6 Å². The fourth-order valence-electron chi connectivity index (χ4n) is 2.72. The van der Waals surface area contributed by atoms with Gasteiger partial charge in [0.2, 0.25) is 5.91 Å². The number of thiophene rings is 1. The molecule has 0 saturated carbocycles. The molecule has 0 aliphatic carbocycles. The predicted octanol–water partition coefficient (Wildman–Crippen LogP) is 1.02. The van der Waals surface area contributed by atoms with Crippen molar-refractivity contribution in [3.05, 3.63) is 22.4 Å². The molecule has 2 fully saturated rings. The summed E-state index contributed by atoms with van der Waals surface area (Å²) < 4.78 is 11.3. The highest BCUT2D eigenvalue weighted by molar-refractivity contribution is 7.07. The number of rotatable bonds is 2. The molecule has 6 heteroatoms. The summed E-state index contributed by atoms with van der Waals surface area (Å²) in [7, 11) is 0. The molecule has 2 saturated heterocycles. The standard InChI is InChI=1S/C14H20N2O3S/c1-10-6-16(14(17)12-8-18-4-3-15-12)7-13(19-10)11-2-5-20-9-11/h2,5,9-10,12-13,15H,3-4,6-8H2,1H3/t10-,12+,13-/m1/s1. The lowest BCUT2D eigenvalue weighted by Gasteiger charge is -2.39. The summed E-state index contributed by atoms with van der Waals surface area (Å²) in [5, 5.41) is 7.36. The number of nitrogens with zero attached hydrogens (tertiary/aromatic N) is 1. The van der Waals surface area contributed by atoms with Gasteiger partial charge in [-0.25, -0.2) is 0 Å². The van der Waals surface area contributed by atoms with Crippen LogP contribution in [0.15, 0.2) is 16.8 Å². The Morgan fingerprint density at radius 2 is 2.40 bits per heavy atom. The van der Waals surface area contributed by atoms with E-state index < -0.39 is 0 Å². The van der Waals surface area contributed by atoms with Crippen LogP contribution in [-0.2, 0) is 14.3 Å². The number of morpholine rings is 2. The van der Waals surface area contributed by atoms with Crippen LogP contribution < -0.4 is 5.32 Å². The lowest BCUT2D eigenvalue weighted by atomic mass is 10.1. The maximum absolute atomic E-state index is 12.5. The van der Waals surface area contributed by atoms with Gasteiger partial charge in [-0.15, -0.1) is 0 Å². The van der Waals surface area contributed by atoms with Crippen molar-refractivity contribution in [2.45, 2.75) is 25.2 Å². The second-order valence-electron chi connectivity index (χ2n) is 5.32. The summed E-state index contributed by atoms with van der Waals surface area (Å²) in [4.78, 5) is 14.4. The zero-order valence-electron chi connectivity index (χ0n) is 11.6. The first-order valence-corrected chi connectivity index (χ1v) is 7.96. The van der Waals surface area contributed by atoms with Crippen molar-refractivity contribution in [3.63, 3.8) is 0 Å². The van der Waals surface area contributed by atoms with E-state index in [0.29, 0.717) is 26.3 Å². The van der Waals surface area contributed by atoms with E-state index in [1.165, 1.54) is 0 Å². The number of carbonyl (C=O) groups excluding carboxylic acids is 1. The van der Waals surface area contributed by atoms with Gasteiger partial charge in [-0.05, 0) is 29.3 Å². The summed E-state index contributed by atoms with van der Waals surface area (Å²) >= 11 is 1.66. The maximum atomic E-state index is 12.5. The molecule has 0 radical (unpaired) electrons. The van der Waals surface area contributed by atoms with Crippen LogP contribution in [-0.4, -0.2) is 55.8 Å². The molecule has 3 heterocycles. The van der Waals surface area contributed by atoms with Gasteiger partial charge in [-0.1, -0.05) is 0 Å². The Labute approximate surface area is 122 Å². The molecule has 3 rings (SSSR count). The molecular weight excluding hydrogens is 276 g/mol. The number of hydrogen-bond donors (Lipinski definition) is 1. The molecule has 1 amide bonds. The van der Waals surface area contributed by atoms with E-state index in [4.69, 9.17) is 9.47 Å². The molecule has 20 heavy (non-hydrogen) atoms. The van der Waals surface area contributed by atoms with E-state index in [9.17, 15) is 4.79 Å². The topological polar surface area (TPSA) is 50.8 Å². The molecule has 2 aliphatic heterocycles. The first kappa shape index (κ1) is 14.0. The van der Waals surface area contributed by atoms with Crippen LogP contribution in [0.2, 0.25) is 0 Å². The average Bonchev–Trinajstić information content (AvgIpc) is 3.01. The Balaban J connectivity index is 1.67. The average molecular weight is 296 g/mol. The molecule has 110 valence electrons. The summed E-state index contributed by atoms with van der Waals surface area (Å²) in [5.74, 6) is 0.125. The van der Waals surface area contributed by atoms with Gasteiger partial charge in [0.25, 0.3) is 0 Å². The zero-order valence-corrected chi connectivity index (χ0v) is 12.4. The second kappa shape index (κ2) is 6.22. The molecule has 0 spiro atoms. The fourth-order valence-corrected chi connectivity index (χ4v) is 3.42. The molecule has 0 unspecified atom stereocenters. The molecule has 1 N–H and O–H groups in total. The van der Waals surface area contributed by atoms with Crippen LogP contribution in [0.5, 0.6) is 0 Å². The van der Waals surface area contributed by atoms with Crippen molar-refractivity contribution in [1.29, 1.82) is 0 Å². The first-order valence-electron chi connectivity index (χ1n) is 7.01. The Morgan fingerprint density at radius 1 is 1.50 bits per heavy atom. The molecule has 5 nitrogen and oxygen atoms in total. The van der Waals surface area contributed by atoms with Gasteiger partial charge in [-0.3, -0.25) is 4.79 Å². The van der Waals surface area contributed by atoms with Gasteiger partial charge in [0.05, 0.1) is 25.9 Å². The van der Waals surface area contributed by atoms with Crippen molar-refractivity contribution in [2.75, 3.05) is 32.8 Å². The SMILES string of the molecule is C[C@@H]1CN(C(=O)[C@@H]2COCCN2)C[C@H](c2ccsc2)O1. The summed E-state index contributed by atoms with van der Waals surface area (Å²) in [5.41, 5.74) is 1.16. The predicted molar refractivity (Wildman–Crippen MR) is 76.8 cm³/mol. The third kappa shape index (κ3) is 3.03. The quantitative estimate of drug-likeness (QED) is 0.885. The molecular formula is C14H20N2O3S. The minimum atomic E-state index is -0.211. The van der Waals surface area contributed by atoms with E-state index in [0.717, 1.165) is 12.1 Å². The van der Waals surface area contributed by atoms with Crippen molar-refractivity contribution >= 4 is 17.2 Å². The van der Waals surface area contributed by atoms with Gasteiger partial charge in [0.1, 0.15) is 12.1 Å². The smallest absolute Gasteiger partial charge is 0.242 e. The van der Waals surface area contributed by atoms with Gasteiger partial charge in [0.15, 0.2) is 0 Å². The largest absolute Gasteiger partial charge is 0.378 e. The zero-order chi connectivity index (χ0) is 13.9. The van der Waals surface area contributed by atoms with Crippen LogP contribution in [0, 0.1) is 0 Å². The molecule has 1 aromatic rings. The number of ether oxygens (including phenoxy) is 2. The van der Waals surface area contributed by atoms with Crippen molar-refractivity contribution in [1.82, 2.24) is 10.2 Å². The minimum Gasteiger partial charge on any atom is -0.378 e. The molecule has 0 aromatic carbocycles. The highest BCUT2D eigenvalue weighted by Gasteiger charge is 2.33. The van der Waals surface area contributed by atoms with Crippen LogP contribution in [0.4, 0.5) is 0 Å². The fraction of sp³-hybridized carbons (Fsp3) is 0.643. The van der Waals surface area contributed by atoms with Gasteiger partial charge in [-0.2, -0.15) is 11.3 Å². The van der Waals surface area contributed by atoms with E-state index in [1.54, 1.807) is 11.3 Å². The van der Waals surface area contributed by atoms with Gasteiger partial charge < -0.3 is 19.7 Å². The second-order valence-corrected chi connectivity index (χ2v) is 6.10. The number of hydrogen-bond acceptors (Lipinski definition) is 5. The number of amides is 1. The van der Waals surface area contributed by atoms with Crippen LogP contribution in [0.3, 0.4) is 0 Å². The Hall–Kier alpha value is -0.950. The summed E-state index contributed by atoms with van der Waals surface area (Å²) in [6.45, 7) is 5.18. The van der Waals surface area contributed by atoms with Gasteiger partial charge in [0, 0.05) is 13.1 Å². The highest BCUT2D eigenvalue weighted by atomic mass is 32.1. The Kier molecular flexibility index (Phi) is 4.35. The number of nitrogens with one attached hydrogen (secondary N) is 1. The lowest BCUT2D eigenvalue weighted by molar-refractivity contribution is -0.149. The monoisotopic (exact) mass is 296 g/mol.